The quantitative estimate of drug-likeness (QED) is 0.495. The number of unbranched alkanes of at least 4 members (excludes halogenated alkanes) is 3. The third kappa shape index (κ3) is 5.74. The topological polar surface area (TPSA) is 55.3 Å². The van der Waals surface area contributed by atoms with E-state index >= 15 is 0 Å². The van der Waals surface area contributed by atoms with Crippen LogP contribution in [0.3, 0.4) is 0 Å². The second-order valence-corrected chi connectivity index (χ2v) is 5.99. The van der Waals surface area contributed by atoms with E-state index in [-0.39, 0.29) is 5.78 Å². The lowest BCUT2D eigenvalue weighted by atomic mass is 10.1. The van der Waals surface area contributed by atoms with Crippen molar-refractivity contribution in [1.82, 2.24) is 14.9 Å². The van der Waals surface area contributed by atoms with Crippen molar-refractivity contribution in [3.05, 3.63) is 54.0 Å². The van der Waals surface area contributed by atoms with Gasteiger partial charge < -0.3 is 9.64 Å². The summed E-state index contributed by atoms with van der Waals surface area (Å²) in [5, 5.41) is 0. The Hall–Kier alpha value is -2.27. The maximum Gasteiger partial charge on any atom is 0.224 e. The van der Waals surface area contributed by atoms with E-state index < -0.39 is 0 Å². The smallest absolute Gasteiger partial charge is 0.224 e. The fraction of sp³-hybridized carbons (Fsp3) is 0.421. The van der Waals surface area contributed by atoms with Crippen molar-refractivity contribution < 1.29 is 9.53 Å². The van der Waals surface area contributed by atoms with Gasteiger partial charge in [-0.1, -0.05) is 12.8 Å². The highest BCUT2D eigenvalue weighted by Gasteiger charge is 2.15. The van der Waals surface area contributed by atoms with Crippen molar-refractivity contribution in [1.29, 1.82) is 0 Å². The lowest BCUT2D eigenvalue weighted by Gasteiger charge is -2.10. The van der Waals surface area contributed by atoms with Gasteiger partial charge in [0.05, 0.1) is 12.2 Å². The molecular weight excluding hydrogens is 302 g/mol. The van der Waals surface area contributed by atoms with Crippen LogP contribution in [0.15, 0.2) is 42.9 Å². The summed E-state index contributed by atoms with van der Waals surface area (Å²) in [7, 11) is 4.18. The number of carbonyl (C=O) groups excluding carboxylic acids is 1. The summed E-state index contributed by atoms with van der Waals surface area (Å²) in [6.07, 6.45) is 9.31. The molecule has 0 aliphatic heterocycles. The van der Waals surface area contributed by atoms with Crippen molar-refractivity contribution in [2.75, 3.05) is 27.2 Å². The van der Waals surface area contributed by atoms with Gasteiger partial charge in [0.25, 0.3) is 0 Å². The van der Waals surface area contributed by atoms with E-state index in [0.717, 1.165) is 19.4 Å². The molecule has 5 nitrogen and oxygen atoms in total. The number of ketones is 1. The molecule has 0 amide bonds. The summed E-state index contributed by atoms with van der Waals surface area (Å²) < 4.78 is 5.74. The average molecular weight is 327 g/mol. The Kier molecular flexibility index (Phi) is 7.36. The molecule has 5 heteroatoms. The minimum absolute atomic E-state index is 0.114. The Balaban J connectivity index is 1.85. The minimum Gasteiger partial charge on any atom is -0.477 e. The van der Waals surface area contributed by atoms with Crippen LogP contribution in [-0.2, 0) is 0 Å². The lowest BCUT2D eigenvalue weighted by Crippen LogP contribution is -2.12. The van der Waals surface area contributed by atoms with Crippen LogP contribution in [0, 0.1) is 0 Å². The van der Waals surface area contributed by atoms with Gasteiger partial charge in [-0.15, -0.1) is 0 Å². The number of hydrogen-bond acceptors (Lipinski definition) is 5. The number of aromatic nitrogens is 2. The number of ether oxygens (including phenoxy) is 1. The van der Waals surface area contributed by atoms with Gasteiger partial charge in [-0.25, -0.2) is 4.98 Å². The molecule has 0 saturated carbocycles. The van der Waals surface area contributed by atoms with Crippen molar-refractivity contribution >= 4 is 5.78 Å². The first-order chi connectivity index (χ1) is 11.7. The molecule has 2 rings (SSSR count). The number of hydrogen-bond donors (Lipinski definition) is 0. The SMILES string of the molecule is CN(C)CCCCCCOc1ncccc1C(=O)c1cccnc1. The molecule has 0 spiro atoms. The molecule has 0 aliphatic carbocycles. The van der Waals surface area contributed by atoms with Crippen molar-refractivity contribution in [3.8, 4) is 5.88 Å². The maximum absolute atomic E-state index is 12.5. The Morgan fingerprint density at radius 2 is 1.88 bits per heavy atom. The Bertz CT molecular complexity index is 630. The van der Waals surface area contributed by atoms with Gasteiger partial charge in [0.2, 0.25) is 5.88 Å². The summed E-state index contributed by atoms with van der Waals surface area (Å²) >= 11 is 0. The molecule has 2 aromatic rings. The molecule has 2 heterocycles. The highest BCUT2D eigenvalue weighted by atomic mass is 16.5. The molecule has 0 radical (unpaired) electrons. The fourth-order valence-corrected chi connectivity index (χ4v) is 2.38. The van der Waals surface area contributed by atoms with Crippen LogP contribution in [0.25, 0.3) is 0 Å². The highest BCUT2D eigenvalue weighted by Crippen LogP contribution is 2.19. The third-order valence-electron chi connectivity index (χ3n) is 3.68. The van der Waals surface area contributed by atoms with E-state index in [9.17, 15) is 4.79 Å². The van der Waals surface area contributed by atoms with E-state index in [4.69, 9.17) is 4.74 Å². The summed E-state index contributed by atoms with van der Waals surface area (Å²) in [5.41, 5.74) is 1.03. The van der Waals surface area contributed by atoms with Gasteiger partial charge >= 0.3 is 0 Å². The molecule has 2 aromatic heterocycles. The van der Waals surface area contributed by atoms with Gasteiger partial charge in [-0.3, -0.25) is 9.78 Å². The summed E-state index contributed by atoms with van der Waals surface area (Å²) in [6, 6.07) is 6.99. The molecule has 24 heavy (non-hydrogen) atoms. The number of pyridine rings is 2. The molecule has 128 valence electrons. The Morgan fingerprint density at radius 1 is 1.08 bits per heavy atom. The normalized spacial score (nSPS) is 10.8. The third-order valence-corrected chi connectivity index (χ3v) is 3.68. The van der Waals surface area contributed by atoms with Gasteiger partial charge in [0, 0.05) is 24.2 Å². The van der Waals surface area contributed by atoms with Crippen molar-refractivity contribution in [2.45, 2.75) is 25.7 Å². The van der Waals surface area contributed by atoms with Gasteiger partial charge in [0.1, 0.15) is 0 Å². The van der Waals surface area contributed by atoms with Crippen LogP contribution >= 0.6 is 0 Å². The molecule has 0 aromatic carbocycles. The Labute approximate surface area is 143 Å². The predicted molar refractivity (Wildman–Crippen MR) is 94.4 cm³/mol. The number of nitrogens with zero attached hydrogens (tertiary/aromatic N) is 3. The first-order valence-electron chi connectivity index (χ1n) is 8.36. The van der Waals surface area contributed by atoms with Crippen LogP contribution in [0.5, 0.6) is 5.88 Å². The van der Waals surface area contributed by atoms with E-state index in [1.54, 1.807) is 42.9 Å². The van der Waals surface area contributed by atoms with E-state index in [0.29, 0.717) is 23.6 Å². The number of carbonyl (C=O) groups is 1. The molecule has 0 bridgehead atoms. The zero-order valence-electron chi connectivity index (χ0n) is 14.4. The predicted octanol–water partition coefficient (Wildman–Crippen LogP) is 3.21. The highest BCUT2D eigenvalue weighted by molar-refractivity contribution is 6.10. The van der Waals surface area contributed by atoms with Crippen molar-refractivity contribution in [3.63, 3.8) is 0 Å². The van der Waals surface area contributed by atoms with Gasteiger partial charge in [0.15, 0.2) is 5.78 Å². The molecule has 0 unspecified atom stereocenters. The summed E-state index contributed by atoms with van der Waals surface area (Å²) in [4.78, 5) is 22.9. The average Bonchev–Trinajstić information content (AvgIpc) is 2.61. The molecule has 0 aliphatic rings. The summed E-state index contributed by atoms with van der Waals surface area (Å²) in [6.45, 7) is 1.69. The zero-order valence-corrected chi connectivity index (χ0v) is 14.4. The second-order valence-electron chi connectivity index (χ2n) is 5.99. The van der Waals surface area contributed by atoms with Gasteiger partial charge in [-0.05, 0) is 57.7 Å². The maximum atomic E-state index is 12.5. The lowest BCUT2D eigenvalue weighted by molar-refractivity contribution is 0.103. The molecule has 0 N–H and O–H groups in total. The Morgan fingerprint density at radius 3 is 2.62 bits per heavy atom. The van der Waals surface area contributed by atoms with E-state index in [1.165, 1.54) is 12.8 Å². The number of rotatable bonds is 10. The largest absolute Gasteiger partial charge is 0.477 e. The van der Waals surface area contributed by atoms with Crippen molar-refractivity contribution in [2.24, 2.45) is 0 Å². The first kappa shape index (κ1) is 18.1. The molecule has 0 saturated heterocycles. The first-order valence-corrected chi connectivity index (χ1v) is 8.36. The van der Waals surface area contributed by atoms with Crippen LogP contribution in [0.1, 0.15) is 41.6 Å². The van der Waals surface area contributed by atoms with Crippen LogP contribution < -0.4 is 4.74 Å². The molecule has 0 atom stereocenters. The van der Waals surface area contributed by atoms with Crippen LogP contribution in [0.2, 0.25) is 0 Å². The molecule has 0 fully saturated rings. The fourth-order valence-electron chi connectivity index (χ4n) is 2.38. The summed E-state index contributed by atoms with van der Waals surface area (Å²) in [5.74, 6) is 0.289. The van der Waals surface area contributed by atoms with Gasteiger partial charge in [-0.2, -0.15) is 0 Å². The van der Waals surface area contributed by atoms with E-state index in [2.05, 4.69) is 29.0 Å². The van der Waals surface area contributed by atoms with E-state index in [1.807, 2.05) is 0 Å². The molecular formula is C19H25N3O2. The monoisotopic (exact) mass is 327 g/mol. The zero-order chi connectivity index (χ0) is 17.2. The second kappa shape index (κ2) is 9.78. The van der Waals surface area contributed by atoms with Crippen LogP contribution in [0.4, 0.5) is 0 Å². The standard InChI is InChI=1S/C19H25N3O2/c1-22(2)13-5-3-4-6-14-24-19-17(10-8-12-21-19)18(23)16-9-7-11-20-15-16/h7-12,15H,3-6,13-14H2,1-2H3. The van der Waals surface area contributed by atoms with Crippen LogP contribution in [-0.4, -0.2) is 47.9 Å². The minimum atomic E-state index is -0.114.